The van der Waals surface area contributed by atoms with Crippen LogP contribution < -0.4 is 32.9 Å². The number of benzene rings is 3. The Balaban J connectivity index is 0.00000225. The van der Waals surface area contributed by atoms with Crippen molar-refractivity contribution in [2.24, 2.45) is 0 Å². The van der Waals surface area contributed by atoms with Gasteiger partial charge < -0.3 is 17.0 Å². The maximum absolute atomic E-state index is 12.8. The number of hydrogen-bond acceptors (Lipinski definition) is 0. The summed E-state index contributed by atoms with van der Waals surface area (Å²) in [6, 6.07) is 32.3. The van der Waals surface area contributed by atoms with Gasteiger partial charge in [-0.15, -0.1) is 0 Å². The third-order valence-electron chi connectivity index (χ3n) is 4.47. The molecular weight excluding hydrogens is 394 g/mol. The van der Waals surface area contributed by atoms with Gasteiger partial charge in [-0.05, 0) is 49.2 Å². The van der Waals surface area contributed by atoms with Gasteiger partial charge in [0.15, 0.2) is 0 Å². The predicted molar refractivity (Wildman–Crippen MR) is 105 cm³/mol. The van der Waals surface area contributed by atoms with E-state index in [1.54, 1.807) is 0 Å². The van der Waals surface area contributed by atoms with E-state index in [-0.39, 0.29) is 23.7 Å². The van der Waals surface area contributed by atoms with E-state index < -0.39 is 7.26 Å². The van der Waals surface area contributed by atoms with Crippen molar-refractivity contribution in [1.29, 1.82) is 0 Å². The van der Waals surface area contributed by atoms with Gasteiger partial charge in [0.05, 0.1) is 12.8 Å². The van der Waals surface area contributed by atoms with Gasteiger partial charge in [0.25, 0.3) is 0 Å². The maximum Gasteiger partial charge on any atom is 0.112 e. The molecule has 0 aliphatic carbocycles. The molecule has 0 heterocycles. The molecule has 130 valence electrons. The van der Waals surface area contributed by atoms with Crippen LogP contribution in [0.25, 0.3) is 0 Å². The molecule has 0 radical (unpaired) electrons. The van der Waals surface area contributed by atoms with Crippen molar-refractivity contribution in [2.45, 2.75) is 12.8 Å². The molecule has 0 atom stereocenters. The summed E-state index contributed by atoms with van der Waals surface area (Å²) < 4.78 is 12.8. The molecule has 0 bridgehead atoms. The summed E-state index contributed by atoms with van der Waals surface area (Å²) in [6.07, 6.45) is 2.55. The molecule has 0 saturated carbocycles. The van der Waals surface area contributed by atoms with Gasteiger partial charge in [0.2, 0.25) is 0 Å². The third-order valence-corrected chi connectivity index (χ3v) is 8.99. The highest BCUT2D eigenvalue weighted by Gasteiger charge is 2.44. The molecule has 0 spiro atoms. The highest BCUT2D eigenvalue weighted by molar-refractivity contribution is 7.95. The SMILES string of the molecule is FCCCC[P+](c1ccccc1)(c1ccccc1)c1ccccc1.[Br-]. The molecule has 25 heavy (non-hydrogen) atoms. The zero-order chi connectivity index (χ0) is 16.7. The summed E-state index contributed by atoms with van der Waals surface area (Å²) in [5.74, 6) is 0. The van der Waals surface area contributed by atoms with Crippen LogP contribution in [-0.2, 0) is 0 Å². The van der Waals surface area contributed by atoms with Gasteiger partial charge >= 0.3 is 0 Å². The molecule has 0 fully saturated rings. The second kappa shape index (κ2) is 9.85. The zero-order valence-corrected chi connectivity index (χ0v) is 16.7. The molecule has 0 aromatic heterocycles. The van der Waals surface area contributed by atoms with Gasteiger partial charge in [0.1, 0.15) is 23.2 Å². The van der Waals surface area contributed by atoms with Crippen molar-refractivity contribution in [2.75, 3.05) is 12.8 Å². The molecule has 0 nitrogen and oxygen atoms in total. The van der Waals surface area contributed by atoms with E-state index in [2.05, 4.69) is 91.0 Å². The van der Waals surface area contributed by atoms with E-state index in [1.807, 2.05) is 0 Å². The van der Waals surface area contributed by atoms with Crippen LogP contribution in [0.3, 0.4) is 0 Å². The Labute approximate surface area is 161 Å². The first-order valence-corrected chi connectivity index (χ1v) is 10.5. The number of halogens is 2. The summed E-state index contributed by atoms with van der Waals surface area (Å²) >= 11 is 0. The van der Waals surface area contributed by atoms with E-state index in [9.17, 15) is 4.39 Å². The molecular formula is C22H23BrFP. The molecule has 0 amide bonds. The molecule has 0 aliphatic heterocycles. The van der Waals surface area contributed by atoms with Crippen molar-refractivity contribution in [3.8, 4) is 0 Å². The Morgan fingerprint density at radius 1 is 0.560 bits per heavy atom. The predicted octanol–water partition coefficient (Wildman–Crippen LogP) is 1.73. The van der Waals surface area contributed by atoms with E-state index in [4.69, 9.17) is 0 Å². The lowest BCUT2D eigenvalue weighted by Gasteiger charge is -2.27. The molecule has 3 heteroatoms. The van der Waals surface area contributed by atoms with Crippen molar-refractivity contribution in [3.63, 3.8) is 0 Å². The number of alkyl halides is 1. The Hall–Kier alpha value is -1.50. The zero-order valence-electron chi connectivity index (χ0n) is 14.2. The minimum absolute atomic E-state index is 0. The summed E-state index contributed by atoms with van der Waals surface area (Å²) in [6.45, 7) is -0.238. The van der Waals surface area contributed by atoms with Gasteiger partial charge in [0, 0.05) is 0 Å². The minimum atomic E-state index is -1.75. The largest absolute Gasteiger partial charge is 1.00 e. The maximum atomic E-state index is 12.8. The number of hydrogen-bond donors (Lipinski definition) is 0. The molecule has 0 unspecified atom stereocenters. The van der Waals surface area contributed by atoms with Crippen LogP contribution in [0, 0.1) is 0 Å². The highest BCUT2D eigenvalue weighted by atomic mass is 79.9. The van der Waals surface area contributed by atoms with Crippen LogP contribution in [0.2, 0.25) is 0 Å². The van der Waals surface area contributed by atoms with Crippen LogP contribution in [0.5, 0.6) is 0 Å². The van der Waals surface area contributed by atoms with Crippen molar-refractivity contribution in [1.82, 2.24) is 0 Å². The molecule has 0 N–H and O–H groups in total. The van der Waals surface area contributed by atoms with Gasteiger partial charge in [-0.25, -0.2) is 0 Å². The monoisotopic (exact) mass is 416 g/mol. The first kappa shape index (κ1) is 19.8. The summed E-state index contributed by atoms with van der Waals surface area (Å²) in [4.78, 5) is 0. The second-order valence-corrected chi connectivity index (χ2v) is 9.55. The summed E-state index contributed by atoms with van der Waals surface area (Å²) in [5, 5.41) is 4.13. The van der Waals surface area contributed by atoms with Crippen molar-refractivity contribution >= 4 is 23.2 Å². The second-order valence-electron chi connectivity index (χ2n) is 5.94. The minimum Gasteiger partial charge on any atom is -1.00 e. The average Bonchev–Trinajstić information content (AvgIpc) is 2.68. The third kappa shape index (κ3) is 4.37. The molecule has 3 aromatic rings. The first-order chi connectivity index (χ1) is 11.9. The number of rotatable bonds is 7. The fourth-order valence-electron chi connectivity index (χ4n) is 3.33. The van der Waals surface area contributed by atoms with Gasteiger partial charge in [-0.2, -0.15) is 0 Å². The Bertz CT molecular complexity index is 635. The highest BCUT2D eigenvalue weighted by Crippen LogP contribution is 2.55. The van der Waals surface area contributed by atoms with E-state index in [0.717, 1.165) is 12.6 Å². The molecule has 3 aromatic carbocycles. The van der Waals surface area contributed by atoms with Crippen LogP contribution in [0.4, 0.5) is 4.39 Å². The van der Waals surface area contributed by atoms with E-state index >= 15 is 0 Å². The fraction of sp³-hybridized carbons (Fsp3) is 0.182. The quantitative estimate of drug-likeness (QED) is 0.406. The first-order valence-electron chi connectivity index (χ1n) is 8.49. The van der Waals surface area contributed by atoms with E-state index in [1.165, 1.54) is 15.9 Å². The van der Waals surface area contributed by atoms with Crippen LogP contribution >= 0.6 is 7.26 Å². The van der Waals surface area contributed by atoms with Gasteiger partial charge in [-0.3, -0.25) is 4.39 Å². The average molecular weight is 417 g/mol. The molecule has 0 aliphatic rings. The van der Waals surface area contributed by atoms with E-state index in [0.29, 0.717) is 6.42 Å². The Morgan fingerprint density at radius 3 is 1.24 bits per heavy atom. The Kier molecular flexibility index (Phi) is 7.81. The summed E-state index contributed by atoms with van der Waals surface area (Å²) in [5.41, 5.74) is 0. The topological polar surface area (TPSA) is 0 Å². The Morgan fingerprint density at radius 2 is 0.920 bits per heavy atom. The lowest BCUT2D eigenvalue weighted by atomic mass is 10.3. The lowest BCUT2D eigenvalue weighted by Crippen LogP contribution is -3.00. The lowest BCUT2D eigenvalue weighted by molar-refractivity contribution is -0.00000527. The van der Waals surface area contributed by atoms with Crippen LogP contribution in [0.1, 0.15) is 12.8 Å². The van der Waals surface area contributed by atoms with Crippen molar-refractivity contribution in [3.05, 3.63) is 91.0 Å². The molecule has 0 saturated heterocycles. The van der Waals surface area contributed by atoms with Crippen molar-refractivity contribution < 1.29 is 21.4 Å². The summed E-state index contributed by atoms with van der Waals surface area (Å²) in [7, 11) is -1.75. The molecule has 3 rings (SSSR count). The van der Waals surface area contributed by atoms with Gasteiger partial charge in [-0.1, -0.05) is 54.6 Å². The van der Waals surface area contributed by atoms with Crippen LogP contribution in [0.15, 0.2) is 91.0 Å². The fourth-order valence-corrected chi connectivity index (χ4v) is 7.74. The smallest absolute Gasteiger partial charge is 0.112 e. The normalized spacial score (nSPS) is 10.9. The number of unbranched alkanes of at least 4 members (excludes halogenated alkanes) is 1. The standard InChI is InChI=1S/C22H23FP.BrH/c23-18-10-11-19-24(20-12-4-1-5-13-20,21-14-6-2-7-15-21)22-16-8-3-9-17-22;/h1-9,12-17H,10-11,18-19H2;1H/q+1;/p-1. The van der Waals surface area contributed by atoms with Crippen LogP contribution in [-0.4, -0.2) is 12.8 Å².